The molecule has 0 amide bonds. The van der Waals surface area contributed by atoms with E-state index in [1.54, 1.807) is 0 Å². The van der Waals surface area contributed by atoms with E-state index in [4.69, 9.17) is 11.6 Å². The third kappa shape index (κ3) is 2.30. The van der Waals surface area contributed by atoms with E-state index in [9.17, 15) is 0 Å². The molecule has 1 aromatic heterocycles. The quantitative estimate of drug-likeness (QED) is 0.739. The monoisotopic (exact) mass is 333 g/mol. The van der Waals surface area contributed by atoms with Crippen molar-refractivity contribution < 1.29 is 0 Å². The van der Waals surface area contributed by atoms with Gasteiger partial charge >= 0.3 is 0 Å². The minimum absolute atomic E-state index is 0.558. The van der Waals surface area contributed by atoms with Crippen LogP contribution >= 0.6 is 39.3 Å². The molecule has 0 bridgehead atoms. The average Bonchev–Trinajstić information content (AvgIpc) is 2.50. The second-order valence-corrected chi connectivity index (χ2v) is 6.62. The molecule has 0 aromatic carbocycles. The Hall–Kier alpha value is 0.0300. The summed E-state index contributed by atoms with van der Waals surface area (Å²) in [6.07, 6.45) is 1.20. The number of pyridine rings is 1. The van der Waals surface area contributed by atoms with E-state index in [0.717, 1.165) is 35.7 Å². The maximum atomic E-state index is 6.12. The standard InChI is InChI=1S/C11H13BrClN3S/c12-8-5-9-11(15-10(8)13)16-3-2-14-6-7(16)1-4-17-9/h5,7,14H,1-4,6H2/t7-/m1/s1. The lowest BCUT2D eigenvalue weighted by Gasteiger charge is -2.36. The molecule has 6 heteroatoms. The molecule has 92 valence electrons. The molecule has 2 aliphatic rings. The Kier molecular flexibility index (Phi) is 3.52. The summed E-state index contributed by atoms with van der Waals surface area (Å²) in [5, 5.41) is 4.01. The highest BCUT2D eigenvalue weighted by molar-refractivity contribution is 9.10. The van der Waals surface area contributed by atoms with E-state index < -0.39 is 0 Å². The highest BCUT2D eigenvalue weighted by Gasteiger charge is 2.28. The van der Waals surface area contributed by atoms with Crippen LogP contribution in [0.1, 0.15) is 6.42 Å². The number of aromatic nitrogens is 1. The van der Waals surface area contributed by atoms with Crippen LogP contribution in [0.5, 0.6) is 0 Å². The number of nitrogens with zero attached hydrogens (tertiary/aromatic N) is 2. The van der Waals surface area contributed by atoms with Crippen molar-refractivity contribution in [2.45, 2.75) is 17.4 Å². The predicted molar refractivity (Wildman–Crippen MR) is 76.3 cm³/mol. The number of rotatable bonds is 0. The first-order valence-electron chi connectivity index (χ1n) is 5.72. The second-order valence-electron chi connectivity index (χ2n) is 4.27. The smallest absolute Gasteiger partial charge is 0.145 e. The molecule has 0 unspecified atom stereocenters. The lowest BCUT2D eigenvalue weighted by molar-refractivity contribution is 0.465. The van der Waals surface area contributed by atoms with Gasteiger partial charge in [-0.1, -0.05) is 11.6 Å². The highest BCUT2D eigenvalue weighted by atomic mass is 79.9. The first kappa shape index (κ1) is 12.1. The number of nitrogens with one attached hydrogen (secondary N) is 1. The van der Waals surface area contributed by atoms with Crippen molar-refractivity contribution >= 4 is 45.1 Å². The van der Waals surface area contributed by atoms with Crippen LogP contribution in [0.3, 0.4) is 0 Å². The van der Waals surface area contributed by atoms with E-state index in [-0.39, 0.29) is 0 Å². The molecular formula is C11H13BrClN3S. The summed E-state index contributed by atoms with van der Waals surface area (Å²) >= 11 is 11.4. The van der Waals surface area contributed by atoms with Gasteiger partial charge in [0.25, 0.3) is 0 Å². The van der Waals surface area contributed by atoms with Crippen LogP contribution in [-0.2, 0) is 0 Å². The van der Waals surface area contributed by atoms with E-state index in [1.807, 2.05) is 11.8 Å². The minimum Gasteiger partial charge on any atom is -0.350 e. The van der Waals surface area contributed by atoms with E-state index in [2.05, 4.69) is 37.2 Å². The zero-order valence-corrected chi connectivity index (χ0v) is 12.4. The van der Waals surface area contributed by atoms with Gasteiger partial charge in [-0.15, -0.1) is 11.8 Å². The van der Waals surface area contributed by atoms with Crippen molar-refractivity contribution in [1.29, 1.82) is 0 Å². The van der Waals surface area contributed by atoms with Gasteiger partial charge in [-0.2, -0.15) is 0 Å². The molecule has 1 fully saturated rings. The molecule has 0 spiro atoms. The Morgan fingerprint density at radius 3 is 3.35 bits per heavy atom. The highest BCUT2D eigenvalue weighted by Crippen LogP contribution is 2.38. The molecule has 3 rings (SSSR count). The Morgan fingerprint density at radius 1 is 1.59 bits per heavy atom. The van der Waals surface area contributed by atoms with Gasteiger partial charge in [0, 0.05) is 31.4 Å². The Labute approximate surface area is 118 Å². The molecule has 0 saturated carbocycles. The largest absolute Gasteiger partial charge is 0.350 e. The lowest BCUT2D eigenvalue weighted by atomic mass is 10.1. The van der Waals surface area contributed by atoms with Crippen LogP contribution in [0, 0.1) is 0 Å². The fraction of sp³-hybridized carbons (Fsp3) is 0.545. The molecular weight excluding hydrogens is 322 g/mol. The number of anilines is 1. The second kappa shape index (κ2) is 4.96. The molecule has 3 nitrogen and oxygen atoms in total. The van der Waals surface area contributed by atoms with E-state index in [0.29, 0.717) is 11.2 Å². The normalized spacial score (nSPS) is 23.9. The molecule has 1 N–H and O–H groups in total. The van der Waals surface area contributed by atoms with Crippen molar-refractivity contribution in [2.24, 2.45) is 0 Å². The summed E-state index contributed by atoms with van der Waals surface area (Å²) in [6, 6.07) is 2.65. The fourth-order valence-electron chi connectivity index (χ4n) is 2.36. The van der Waals surface area contributed by atoms with Crippen molar-refractivity contribution in [3.63, 3.8) is 0 Å². The van der Waals surface area contributed by atoms with Crippen molar-refractivity contribution in [3.8, 4) is 0 Å². The topological polar surface area (TPSA) is 28.2 Å². The minimum atomic E-state index is 0.558. The number of halogens is 2. The fourth-order valence-corrected chi connectivity index (χ4v) is 4.06. The summed E-state index contributed by atoms with van der Waals surface area (Å²) in [7, 11) is 0. The third-order valence-corrected chi connectivity index (χ3v) is 5.38. The summed E-state index contributed by atoms with van der Waals surface area (Å²) in [5.74, 6) is 2.21. The van der Waals surface area contributed by atoms with Crippen LogP contribution in [0.15, 0.2) is 15.4 Å². The lowest BCUT2D eigenvalue weighted by Crippen LogP contribution is -2.51. The molecule has 2 aliphatic heterocycles. The Balaban J connectivity index is 2.05. The van der Waals surface area contributed by atoms with Crippen molar-refractivity contribution in [1.82, 2.24) is 10.3 Å². The predicted octanol–water partition coefficient (Wildman–Crippen LogP) is 2.77. The summed E-state index contributed by atoms with van der Waals surface area (Å²) in [4.78, 5) is 8.20. The zero-order valence-electron chi connectivity index (χ0n) is 9.25. The van der Waals surface area contributed by atoms with Crippen LogP contribution in [-0.4, -0.2) is 36.4 Å². The van der Waals surface area contributed by atoms with Gasteiger partial charge in [0.15, 0.2) is 0 Å². The maximum absolute atomic E-state index is 6.12. The first-order valence-corrected chi connectivity index (χ1v) is 7.87. The summed E-state index contributed by atoms with van der Waals surface area (Å²) < 4.78 is 0.888. The van der Waals surface area contributed by atoms with Crippen LogP contribution in [0.25, 0.3) is 0 Å². The molecule has 0 aliphatic carbocycles. The number of thioether (sulfide) groups is 1. The SMILES string of the molecule is Clc1nc2c(cc1Br)SCC[C@@H]1CNCCN21. The number of piperazine rings is 1. The van der Waals surface area contributed by atoms with Crippen molar-refractivity contribution in [2.75, 3.05) is 30.3 Å². The van der Waals surface area contributed by atoms with Crippen molar-refractivity contribution in [3.05, 3.63) is 15.7 Å². The maximum Gasteiger partial charge on any atom is 0.145 e. The summed E-state index contributed by atoms with van der Waals surface area (Å²) in [6.45, 7) is 3.09. The molecule has 17 heavy (non-hydrogen) atoms. The van der Waals surface area contributed by atoms with Crippen LogP contribution in [0.2, 0.25) is 5.15 Å². The molecule has 1 atom stereocenters. The van der Waals surface area contributed by atoms with Gasteiger partial charge < -0.3 is 10.2 Å². The number of hydrogen-bond acceptors (Lipinski definition) is 4. The number of fused-ring (bicyclic) bond motifs is 3. The Morgan fingerprint density at radius 2 is 2.47 bits per heavy atom. The van der Waals surface area contributed by atoms with Gasteiger partial charge in [0.05, 0.1) is 9.37 Å². The van der Waals surface area contributed by atoms with Gasteiger partial charge in [-0.25, -0.2) is 4.98 Å². The third-order valence-electron chi connectivity index (χ3n) is 3.21. The molecule has 1 saturated heterocycles. The molecule has 3 heterocycles. The van der Waals surface area contributed by atoms with Gasteiger partial charge in [0.1, 0.15) is 11.0 Å². The van der Waals surface area contributed by atoms with Gasteiger partial charge in [0.2, 0.25) is 0 Å². The zero-order chi connectivity index (χ0) is 11.8. The summed E-state index contributed by atoms with van der Waals surface area (Å²) in [5.41, 5.74) is 0. The van der Waals surface area contributed by atoms with E-state index in [1.165, 1.54) is 11.3 Å². The number of hydrogen-bond donors (Lipinski definition) is 1. The first-order chi connectivity index (χ1) is 8.25. The molecule has 0 radical (unpaired) electrons. The molecule has 1 aromatic rings. The van der Waals surface area contributed by atoms with Gasteiger partial charge in [-0.05, 0) is 28.4 Å². The Bertz CT molecular complexity index is 443. The van der Waals surface area contributed by atoms with Crippen LogP contribution < -0.4 is 10.2 Å². The van der Waals surface area contributed by atoms with Gasteiger partial charge in [-0.3, -0.25) is 0 Å². The average molecular weight is 335 g/mol. The van der Waals surface area contributed by atoms with E-state index >= 15 is 0 Å². The van der Waals surface area contributed by atoms with Crippen LogP contribution in [0.4, 0.5) is 5.82 Å².